The number of unbranched alkanes of at least 4 members (excludes halogenated alkanes) is 2. The van der Waals surface area contributed by atoms with Gasteiger partial charge in [-0.15, -0.1) is 0 Å². The molecule has 11 nitrogen and oxygen atoms in total. The zero-order chi connectivity index (χ0) is 27.5. The van der Waals surface area contributed by atoms with Crippen LogP contribution < -0.4 is 0 Å². The fourth-order valence-corrected chi connectivity index (χ4v) is 3.02. The Morgan fingerprint density at radius 3 is 1.30 bits per heavy atom. The first kappa shape index (κ1) is 28.7. The van der Waals surface area contributed by atoms with Crippen LogP contribution in [0.25, 0.3) is 0 Å². The van der Waals surface area contributed by atoms with Gasteiger partial charge in [0.2, 0.25) is 0 Å². The van der Waals surface area contributed by atoms with E-state index < -0.39 is 46.9 Å². The summed E-state index contributed by atoms with van der Waals surface area (Å²) in [5.74, 6) is -7.48. The number of ether oxygens (including phenoxy) is 3. The summed E-state index contributed by atoms with van der Waals surface area (Å²) in [6.45, 7) is 3.85. The number of carboxylic acid groups (broad SMARTS) is 2. The molecule has 11 heteroatoms. The molecule has 2 aromatic rings. The van der Waals surface area contributed by atoms with Gasteiger partial charge < -0.3 is 24.4 Å². The largest absolute Gasteiger partial charge is 0.478 e. The molecule has 0 saturated heterocycles. The van der Waals surface area contributed by atoms with Crippen molar-refractivity contribution in [1.82, 2.24) is 0 Å². The van der Waals surface area contributed by atoms with Crippen LogP contribution in [0.15, 0.2) is 36.4 Å². The maximum atomic E-state index is 12.9. The molecule has 2 N–H and O–H groups in total. The van der Waals surface area contributed by atoms with E-state index >= 15 is 0 Å². The van der Waals surface area contributed by atoms with Crippen LogP contribution in [0.1, 0.15) is 102 Å². The molecule has 2 rings (SSSR count). The van der Waals surface area contributed by atoms with Crippen LogP contribution in [-0.2, 0) is 14.2 Å². The molecule has 0 aromatic heterocycles. The van der Waals surface area contributed by atoms with Crippen molar-refractivity contribution in [3.05, 3.63) is 69.8 Å². The summed E-state index contributed by atoms with van der Waals surface area (Å²) in [4.78, 5) is 73.5. The van der Waals surface area contributed by atoms with Gasteiger partial charge in [-0.25, -0.2) is 28.8 Å². The Hall–Kier alpha value is -4.54. The predicted octanol–water partition coefficient (Wildman–Crippen LogP) is 3.99. The SMILES string of the molecule is CCCCOC(=O)c1ccc(C(=O)O)cc1C(=O)OC(=O)c1cc(C(=O)O)ccc1C(=O)OCCCC. The van der Waals surface area contributed by atoms with E-state index in [2.05, 4.69) is 0 Å². The van der Waals surface area contributed by atoms with Crippen LogP contribution in [0.5, 0.6) is 0 Å². The Morgan fingerprint density at radius 2 is 0.973 bits per heavy atom. The number of hydrogen-bond donors (Lipinski definition) is 2. The van der Waals surface area contributed by atoms with Crippen LogP contribution in [0.3, 0.4) is 0 Å². The smallest absolute Gasteiger partial charge is 0.346 e. The minimum atomic E-state index is -1.41. The third-order valence-electron chi connectivity index (χ3n) is 5.06. The van der Waals surface area contributed by atoms with E-state index in [-0.39, 0.29) is 35.5 Å². The van der Waals surface area contributed by atoms with Crippen LogP contribution in [0, 0.1) is 0 Å². The molecule has 0 fully saturated rings. The third-order valence-corrected chi connectivity index (χ3v) is 5.06. The summed E-state index contributed by atoms with van der Waals surface area (Å²) in [5, 5.41) is 18.6. The Balaban J connectivity index is 2.43. The molecule has 0 saturated carbocycles. The average Bonchev–Trinajstić information content (AvgIpc) is 2.87. The van der Waals surface area contributed by atoms with Gasteiger partial charge in [-0.3, -0.25) is 0 Å². The van der Waals surface area contributed by atoms with Crippen molar-refractivity contribution in [3.63, 3.8) is 0 Å². The van der Waals surface area contributed by atoms with Crippen molar-refractivity contribution in [2.75, 3.05) is 13.2 Å². The Labute approximate surface area is 211 Å². The zero-order valence-electron chi connectivity index (χ0n) is 20.3. The van der Waals surface area contributed by atoms with Gasteiger partial charge in [-0.05, 0) is 49.2 Å². The van der Waals surface area contributed by atoms with E-state index in [4.69, 9.17) is 14.2 Å². The van der Waals surface area contributed by atoms with E-state index in [1.807, 2.05) is 13.8 Å². The van der Waals surface area contributed by atoms with Gasteiger partial charge in [0.25, 0.3) is 0 Å². The van der Waals surface area contributed by atoms with Crippen molar-refractivity contribution in [2.45, 2.75) is 39.5 Å². The highest BCUT2D eigenvalue weighted by Gasteiger charge is 2.27. The summed E-state index contributed by atoms with van der Waals surface area (Å²) in [6, 6.07) is 5.97. The van der Waals surface area contributed by atoms with Gasteiger partial charge >= 0.3 is 35.8 Å². The average molecular weight is 514 g/mol. The first-order chi connectivity index (χ1) is 17.6. The number of carbonyl (C=O) groups excluding carboxylic acids is 4. The highest BCUT2D eigenvalue weighted by atomic mass is 16.6. The first-order valence-electron chi connectivity index (χ1n) is 11.5. The van der Waals surface area contributed by atoms with Crippen molar-refractivity contribution < 1.29 is 53.2 Å². The standard InChI is InChI=1S/C26H26O11/c1-3-5-11-35-23(31)17-9-7-15(21(27)28)13-19(17)25(33)37-26(34)20-14-16(22(29)30)8-10-18(20)24(32)36-12-6-4-2/h7-10,13-14H,3-6,11-12H2,1-2H3,(H,27,28)(H,29,30). The minimum absolute atomic E-state index is 0.0505. The highest BCUT2D eigenvalue weighted by molar-refractivity contribution is 6.12. The van der Waals surface area contributed by atoms with E-state index in [9.17, 15) is 39.0 Å². The molecule has 196 valence electrons. The molecule has 0 aliphatic rings. The molecular formula is C26H26O11. The Morgan fingerprint density at radius 1 is 0.595 bits per heavy atom. The van der Waals surface area contributed by atoms with Gasteiger partial charge in [0, 0.05) is 0 Å². The Kier molecular flexibility index (Phi) is 10.5. The normalized spacial score (nSPS) is 10.3. The quantitative estimate of drug-likeness (QED) is 0.182. The lowest BCUT2D eigenvalue weighted by atomic mass is 10.0. The molecule has 0 heterocycles. The number of rotatable bonds is 12. The van der Waals surface area contributed by atoms with Crippen LogP contribution in [-0.4, -0.2) is 59.2 Å². The molecule has 0 spiro atoms. The van der Waals surface area contributed by atoms with Gasteiger partial charge in [0.15, 0.2) is 0 Å². The number of carboxylic acids is 2. The predicted molar refractivity (Wildman–Crippen MR) is 127 cm³/mol. The number of hydrogen-bond acceptors (Lipinski definition) is 9. The molecule has 0 amide bonds. The van der Waals surface area contributed by atoms with E-state index in [0.717, 1.165) is 49.2 Å². The van der Waals surface area contributed by atoms with E-state index in [1.165, 1.54) is 0 Å². The topological polar surface area (TPSA) is 171 Å². The maximum absolute atomic E-state index is 12.9. The van der Waals surface area contributed by atoms with Gasteiger partial charge in [-0.2, -0.15) is 0 Å². The molecule has 37 heavy (non-hydrogen) atoms. The lowest BCUT2D eigenvalue weighted by Gasteiger charge is -2.12. The molecule has 0 aliphatic heterocycles. The molecule has 0 aliphatic carbocycles. The number of benzene rings is 2. The number of carbonyl (C=O) groups is 6. The highest BCUT2D eigenvalue weighted by Crippen LogP contribution is 2.20. The van der Waals surface area contributed by atoms with Crippen molar-refractivity contribution in [3.8, 4) is 0 Å². The second-order valence-corrected chi connectivity index (χ2v) is 7.79. The Bertz CT molecular complexity index is 1120. The summed E-state index contributed by atoms with van der Waals surface area (Å²) < 4.78 is 15.0. The molecule has 0 unspecified atom stereocenters. The van der Waals surface area contributed by atoms with Crippen LogP contribution >= 0.6 is 0 Å². The molecule has 2 aromatic carbocycles. The van der Waals surface area contributed by atoms with E-state index in [0.29, 0.717) is 12.8 Å². The molecular weight excluding hydrogens is 488 g/mol. The summed E-state index contributed by atoms with van der Waals surface area (Å²) >= 11 is 0. The lowest BCUT2D eigenvalue weighted by molar-refractivity contribution is 0.0371. The summed E-state index contributed by atoms with van der Waals surface area (Å²) in [5.41, 5.74) is -2.52. The molecule has 0 radical (unpaired) electrons. The maximum Gasteiger partial charge on any atom is 0.346 e. The van der Waals surface area contributed by atoms with Crippen molar-refractivity contribution in [1.29, 1.82) is 0 Å². The van der Waals surface area contributed by atoms with E-state index in [1.54, 1.807) is 0 Å². The molecule has 0 atom stereocenters. The zero-order valence-corrected chi connectivity index (χ0v) is 20.3. The van der Waals surface area contributed by atoms with Gasteiger partial charge in [0.05, 0.1) is 46.6 Å². The summed E-state index contributed by atoms with van der Waals surface area (Å²) in [7, 11) is 0. The van der Waals surface area contributed by atoms with Crippen LogP contribution in [0.4, 0.5) is 0 Å². The lowest BCUT2D eigenvalue weighted by Crippen LogP contribution is -2.21. The fourth-order valence-electron chi connectivity index (χ4n) is 3.02. The third kappa shape index (κ3) is 7.72. The van der Waals surface area contributed by atoms with Gasteiger partial charge in [-0.1, -0.05) is 26.7 Å². The number of esters is 4. The van der Waals surface area contributed by atoms with Crippen molar-refractivity contribution in [2.24, 2.45) is 0 Å². The summed E-state index contributed by atoms with van der Waals surface area (Å²) in [6.07, 6.45) is 2.56. The fraction of sp³-hybridized carbons (Fsp3) is 0.308. The molecule has 0 bridgehead atoms. The van der Waals surface area contributed by atoms with Gasteiger partial charge in [0.1, 0.15) is 0 Å². The monoisotopic (exact) mass is 514 g/mol. The second kappa shape index (κ2) is 13.5. The number of aromatic carboxylic acids is 2. The van der Waals surface area contributed by atoms with Crippen LogP contribution in [0.2, 0.25) is 0 Å². The minimum Gasteiger partial charge on any atom is -0.478 e. The first-order valence-corrected chi connectivity index (χ1v) is 11.5. The van der Waals surface area contributed by atoms with Crippen molar-refractivity contribution >= 4 is 35.8 Å². The second-order valence-electron chi connectivity index (χ2n) is 7.79.